The highest BCUT2D eigenvalue weighted by Gasteiger charge is 2.31. The topological polar surface area (TPSA) is 49.4 Å². The van der Waals surface area contributed by atoms with Gasteiger partial charge >= 0.3 is 0 Å². The van der Waals surface area contributed by atoms with Gasteiger partial charge in [-0.05, 0) is 46.9 Å². The summed E-state index contributed by atoms with van der Waals surface area (Å²) in [6.45, 7) is 4.72. The molecule has 0 fully saturated rings. The molecular weight excluding hydrogens is 582 g/mol. The summed E-state index contributed by atoms with van der Waals surface area (Å²) in [5, 5.41) is 5.06. The van der Waals surface area contributed by atoms with Crippen molar-refractivity contribution in [3.05, 3.63) is 104 Å². The summed E-state index contributed by atoms with van der Waals surface area (Å²) in [5.74, 6) is 0.463. The normalized spacial score (nSPS) is 11.9. The summed E-state index contributed by atoms with van der Waals surface area (Å²) in [7, 11) is 0. The van der Waals surface area contributed by atoms with Crippen molar-refractivity contribution in [2.75, 3.05) is 12.3 Å². The first-order valence-corrected chi connectivity index (χ1v) is 14.9. The van der Waals surface area contributed by atoms with Crippen LogP contribution in [0.2, 0.25) is 20.1 Å². The fraction of sp³-hybridized carbons (Fsp3) is 0.310. The van der Waals surface area contributed by atoms with Gasteiger partial charge in [-0.1, -0.05) is 103 Å². The van der Waals surface area contributed by atoms with E-state index in [-0.39, 0.29) is 30.0 Å². The van der Waals surface area contributed by atoms with Gasteiger partial charge in [-0.3, -0.25) is 9.59 Å². The monoisotopic (exact) mass is 610 g/mol. The van der Waals surface area contributed by atoms with Crippen LogP contribution < -0.4 is 5.32 Å². The Morgan fingerprint density at radius 2 is 1.58 bits per heavy atom. The largest absolute Gasteiger partial charge is 0.354 e. The molecule has 3 rings (SSSR count). The molecular formula is C29H30Cl4N2O2S. The maximum atomic E-state index is 13.8. The average Bonchev–Trinajstić information content (AvgIpc) is 2.88. The summed E-state index contributed by atoms with van der Waals surface area (Å²) in [6.07, 6.45) is 0.364. The van der Waals surface area contributed by atoms with Crippen molar-refractivity contribution in [2.24, 2.45) is 5.92 Å². The molecule has 0 saturated heterocycles. The minimum atomic E-state index is -0.736. The zero-order valence-electron chi connectivity index (χ0n) is 21.2. The summed E-state index contributed by atoms with van der Waals surface area (Å²) in [4.78, 5) is 28.9. The molecule has 202 valence electrons. The number of thioether (sulfide) groups is 1. The third-order valence-corrected chi connectivity index (χ3v) is 8.08. The number of carbonyl (C=O) groups excluding carboxylic acids is 2. The van der Waals surface area contributed by atoms with Gasteiger partial charge in [0.25, 0.3) is 0 Å². The SMILES string of the molecule is CC(C)CNC(=O)C(Cc1ccccc1)N(Cc1ccc(Cl)cc1Cl)C(=O)CSCc1c(Cl)cccc1Cl. The molecule has 0 aliphatic carbocycles. The number of nitrogens with zero attached hydrogens (tertiary/aromatic N) is 1. The first kappa shape index (κ1) is 30.6. The number of hydrogen-bond acceptors (Lipinski definition) is 3. The fourth-order valence-corrected chi connectivity index (χ4v) is 5.92. The van der Waals surface area contributed by atoms with Gasteiger partial charge in [-0.15, -0.1) is 11.8 Å². The lowest BCUT2D eigenvalue weighted by Crippen LogP contribution is -2.51. The van der Waals surface area contributed by atoms with Crippen LogP contribution in [-0.4, -0.2) is 35.1 Å². The zero-order chi connectivity index (χ0) is 27.7. The molecule has 9 heteroatoms. The fourth-order valence-electron chi connectivity index (χ4n) is 3.80. The summed E-state index contributed by atoms with van der Waals surface area (Å²) < 4.78 is 0. The highest BCUT2D eigenvalue weighted by Crippen LogP contribution is 2.29. The van der Waals surface area contributed by atoms with E-state index in [1.807, 2.05) is 44.2 Å². The maximum Gasteiger partial charge on any atom is 0.243 e. The molecule has 1 N–H and O–H groups in total. The molecule has 0 aliphatic heterocycles. The molecule has 0 bridgehead atoms. The van der Waals surface area contributed by atoms with Crippen molar-refractivity contribution in [3.8, 4) is 0 Å². The maximum absolute atomic E-state index is 13.8. The van der Waals surface area contributed by atoms with Crippen molar-refractivity contribution in [1.82, 2.24) is 10.2 Å². The predicted molar refractivity (Wildman–Crippen MR) is 161 cm³/mol. The molecule has 0 aromatic heterocycles. The molecule has 0 heterocycles. The van der Waals surface area contributed by atoms with Crippen molar-refractivity contribution in [2.45, 2.75) is 38.6 Å². The van der Waals surface area contributed by atoms with E-state index < -0.39 is 6.04 Å². The number of hydrogen-bond donors (Lipinski definition) is 1. The average molecular weight is 612 g/mol. The number of amides is 2. The van der Waals surface area contributed by atoms with Crippen molar-refractivity contribution in [1.29, 1.82) is 0 Å². The van der Waals surface area contributed by atoms with Crippen LogP contribution in [0.25, 0.3) is 0 Å². The molecule has 3 aromatic carbocycles. The number of carbonyl (C=O) groups is 2. The van der Waals surface area contributed by atoms with Crippen LogP contribution in [0.4, 0.5) is 0 Å². The van der Waals surface area contributed by atoms with Crippen molar-refractivity contribution < 1.29 is 9.59 Å². The lowest BCUT2D eigenvalue weighted by atomic mass is 10.0. The van der Waals surface area contributed by atoms with Gasteiger partial charge < -0.3 is 10.2 Å². The number of nitrogens with one attached hydrogen (secondary N) is 1. The first-order chi connectivity index (χ1) is 18.2. The van der Waals surface area contributed by atoms with Crippen molar-refractivity contribution >= 4 is 70.0 Å². The van der Waals surface area contributed by atoms with Crippen LogP contribution in [0.15, 0.2) is 66.7 Å². The quantitative estimate of drug-likeness (QED) is 0.226. The van der Waals surface area contributed by atoms with Gasteiger partial charge in [0.2, 0.25) is 11.8 Å². The predicted octanol–water partition coefficient (Wildman–Crippen LogP) is 7.95. The zero-order valence-corrected chi connectivity index (χ0v) is 25.1. The standard InChI is InChI=1S/C29H30Cl4N2O2S/c1-19(2)15-34-29(37)27(13-20-7-4-3-5-8-20)35(16-21-11-12-22(30)14-26(21)33)28(36)18-38-17-23-24(31)9-6-10-25(23)32/h3-12,14,19,27H,13,15-18H2,1-2H3,(H,34,37). The van der Waals surface area contributed by atoms with Gasteiger partial charge in [0.05, 0.1) is 5.75 Å². The van der Waals surface area contributed by atoms with Crippen LogP contribution >= 0.6 is 58.2 Å². The number of benzene rings is 3. The van der Waals surface area contributed by atoms with E-state index in [0.29, 0.717) is 44.4 Å². The second kappa shape index (κ2) is 15.0. The molecule has 3 aromatic rings. The van der Waals surface area contributed by atoms with Gasteiger partial charge in [-0.2, -0.15) is 0 Å². The van der Waals surface area contributed by atoms with Crippen LogP contribution in [0, 0.1) is 5.92 Å². The Bertz CT molecular complexity index is 1220. The third-order valence-electron chi connectivity index (χ3n) is 5.85. The molecule has 0 aliphatic rings. The Hall–Kier alpha value is -1.89. The van der Waals surface area contributed by atoms with E-state index in [9.17, 15) is 9.59 Å². The Kier molecular flexibility index (Phi) is 12.1. The van der Waals surface area contributed by atoms with Crippen LogP contribution in [-0.2, 0) is 28.3 Å². The smallest absolute Gasteiger partial charge is 0.243 e. The first-order valence-electron chi connectivity index (χ1n) is 12.2. The van der Waals surface area contributed by atoms with Gasteiger partial charge in [0.1, 0.15) is 6.04 Å². The van der Waals surface area contributed by atoms with E-state index >= 15 is 0 Å². The highest BCUT2D eigenvalue weighted by atomic mass is 35.5. The summed E-state index contributed by atoms with van der Waals surface area (Å²) in [5.41, 5.74) is 2.43. The Morgan fingerprint density at radius 3 is 2.21 bits per heavy atom. The van der Waals surface area contributed by atoms with Gasteiger partial charge in [0, 0.05) is 45.4 Å². The minimum Gasteiger partial charge on any atom is -0.354 e. The molecule has 38 heavy (non-hydrogen) atoms. The van der Waals surface area contributed by atoms with E-state index in [1.54, 1.807) is 41.3 Å². The Balaban J connectivity index is 1.89. The van der Waals surface area contributed by atoms with Crippen LogP contribution in [0.3, 0.4) is 0 Å². The highest BCUT2D eigenvalue weighted by molar-refractivity contribution is 7.99. The van der Waals surface area contributed by atoms with Crippen LogP contribution in [0.5, 0.6) is 0 Å². The lowest BCUT2D eigenvalue weighted by molar-refractivity contribution is -0.139. The lowest BCUT2D eigenvalue weighted by Gasteiger charge is -2.32. The molecule has 0 saturated carbocycles. The number of halogens is 4. The van der Waals surface area contributed by atoms with Crippen LogP contribution in [0.1, 0.15) is 30.5 Å². The molecule has 2 amide bonds. The molecule has 4 nitrogen and oxygen atoms in total. The molecule has 0 spiro atoms. The van der Waals surface area contributed by atoms with E-state index in [4.69, 9.17) is 46.4 Å². The van der Waals surface area contributed by atoms with E-state index in [2.05, 4.69) is 5.32 Å². The van der Waals surface area contributed by atoms with Gasteiger partial charge in [-0.25, -0.2) is 0 Å². The summed E-state index contributed by atoms with van der Waals surface area (Å²) in [6, 6.07) is 19.4. The molecule has 0 radical (unpaired) electrons. The summed E-state index contributed by atoms with van der Waals surface area (Å²) >= 11 is 26.6. The Morgan fingerprint density at radius 1 is 0.895 bits per heavy atom. The second-order valence-corrected chi connectivity index (χ2v) is 11.9. The molecule has 1 unspecified atom stereocenters. The Labute approximate surface area is 249 Å². The second-order valence-electron chi connectivity index (χ2n) is 9.29. The van der Waals surface area contributed by atoms with Gasteiger partial charge in [0.15, 0.2) is 0 Å². The third kappa shape index (κ3) is 9.10. The minimum absolute atomic E-state index is 0.134. The van der Waals surface area contributed by atoms with E-state index in [1.165, 1.54) is 11.8 Å². The van der Waals surface area contributed by atoms with E-state index in [0.717, 1.165) is 11.1 Å². The molecule has 1 atom stereocenters. The number of rotatable bonds is 12. The van der Waals surface area contributed by atoms with Crippen molar-refractivity contribution in [3.63, 3.8) is 0 Å².